The lowest BCUT2D eigenvalue weighted by Crippen LogP contribution is -2.53. The van der Waals surface area contributed by atoms with Crippen LogP contribution >= 0.6 is 0 Å². The highest BCUT2D eigenvalue weighted by Gasteiger charge is 2.61. The summed E-state index contributed by atoms with van der Waals surface area (Å²) in [5.41, 5.74) is -0.263. The van der Waals surface area contributed by atoms with Gasteiger partial charge in [0.05, 0.1) is 29.8 Å². The molecule has 0 spiro atoms. The average molecular weight is 823 g/mol. The number of carbonyl (C=O) groups excluding carboxylic acids is 5. The number of sulfonamides is 1. The molecule has 2 aliphatic carbocycles. The molecule has 58 heavy (non-hydrogen) atoms. The van der Waals surface area contributed by atoms with Gasteiger partial charge in [0.1, 0.15) is 30.1 Å². The van der Waals surface area contributed by atoms with E-state index in [0.717, 1.165) is 24.0 Å². The average Bonchev–Trinajstić information content (AvgIpc) is 3.94. The van der Waals surface area contributed by atoms with Crippen molar-refractivity contribution in [1.29, 1.82) is 0 Å². The number of ether oxygens (including phenoxy) is 3. The van der Waals surface area contributed by atoms with Crippen LogP contribution in [-0.2, 0) is 53.5 Å². The van der Waals surface area contributed by atoms with E-state index in [9.17, 15) is 32.4 Å². The molecule has 7 rings (SSSR count). The molecule has 0 bridgehead atoms. The van der Waals surface area contributed by atoms with Crippen molar-refractivity contribution in [3.8, 4) is 5.75 Å². The number of hydrogen-bond donors (Lipinski definition) is 2. The zero-order chi connectivity index (χ0) is 41.2. The van der Waals surface area contributed by atoms with Crippen molar-refractivity contribution in [2.45, 2.75) is 134 Å². The number of amides is 4. The van der Waals surface area contributed by atoms with Crippen LogP contribution in [0, 0.1) is 11.3 Å². The lowest BCUT2D eigenvalue weighted by Gasteiger charge is -2.30. The van der Waals surface area contributed by atoms with Crippen molar-refractivity contribution in [2.24, 2.45) is 11.3 Å². The van der Waals surface area contributed by atoms with Crippen molar-refractivity contribution in [1.82, 2.24) is 29.6 Å². The number of aromatic nitrogens is 2. The zero-order valence-electron chi connectivity index (χ0n) is 33.4. The Morgan fingerprint density at radius 3 is 2.57 bits per heavy atom. The van der Waals surface area contributed by atoms with Crippen LogP contribution in [0.5, 0.6) is 5.75 Å². The van der Waals surface area contributed by atoms with Gasteiger partial charge in [0.2, 0.25) is 21.8 Å². The maximum Gasteiger partial charge on any atom is 0.410 e. The van der Waals surface area contributed by atoms with E-state index < -0.39 is 74.3 Å². The first-order valence-electron chi connectivity index (χ1n) is 20.3. The third kappa shape index (κ3) is 9.84. The summed E-state index contributed by atoms with van der Waals surface area (Å²) in [5.74, 6) is -1.36. The number of allylic oxidation sites excluding steroid dienone is 2. The van der Waals surface area contributed by atoms with E-state index in [1.54, 1.807) is 36.5 Å². The second-order valence-corrected chi connectivity index (χ2v) is 19.2. The second kappa shape index (κ2) is 16.7. The highest BCUT2D eigenvalue weighted by molar-refractivity contribution is 7.90. The molecule has 314 valence electrons. The van der Waals surface area contributed by atoms with Gasteiger partial charge in [-0.25, -0.2) is 18.0 Å². The molecule has 1 aromatic carbocycles. The maximum atomic E-state index is 14.5. The van der Waals surface area contributed by atoms with Crippen LogP contribution in [0.4, 0.5) is 9.59 Å². The molecule has 2 saturated carbocycles. The van der Waals surface area contributed by atoms with Crippen molar-refractivity contribution in [3.05, 3.63) is 59.9 Å². The lowest BCUT2D eigenvalue weighted by atomic mass is 9.91. The first kappa shape index (κ1) is 41.2. The smallest absolute Gasteiger partial charge is 0.410 e. The van der Waals surface area contributed by atoms with Gasteiger partial charge in [-0.15, -0.1) is 0 Å². The summed E-state index contributed by atoms with van der Waals surface area (Å²) in [6.45, 7) is 6.62. The first-order chi connectivity index (χ1) is 27.6. The largest absolute Gasteiger partial charge is 0.492 e. The Balaban J connectivity index is 1.07. The number of benzene rings is 1. The van der Waals surface area contributed by atoms with Crippen LogP contribution in [0.1, 0.15) is 96.1 Å². The van der Waals surface area contributed by atoms with E-state index in [2.05, 4.69) is 15.1 Å². The minimum Gasteiger partial charge on any atom is -0.492 e. The molecule has 4 amide bonds. The molecule has 3 aliphatic heterocycles. The molecule has 2 N–H and O–H groups in total. The van der Waals surface area contributed by atoms with Gasteiger partial charge in [-0.3, -0.25) is 28.7 Å². The number of Topliss-reactive ketones (excluding diaryl/α,β-unsaturated/α-hetero) is 1. The van der Waals surface area contributed by atoms with Crippen LogP contribution in [0.15, 0.2) is 48.8 Å². The third-order valence-corrected chi connectivity index (χ3v) is 13.3. The number of rotatable bonds is 9. The van der Waals surface area contributed by atoms with Crippen LogP contribution < -0.4 is 14.8 Å². The van der Waals surface area contributed by atoms with E-state index >= 15 is 0 Å². The topological polar surface area (TPSA) is 196 Å². The third-order valence-electron chi connectivity index (χ3n) is 11.5. The fraction of sp³-hybridized carbons (Fsp3) is 0.610. The van der Waals surface area contributed by atoms with Gasteiger partial charge in [-0.2, -0.15) is 5.10 Å². The monoisotopic (exact) mass is 822 g/mol. The molecule has 5 aliphatic rings. The predicted octanol–water partition coefficient (Wildman–Crippen LogP) is 4.37. The summed E-state index contributed by atoms with van der Waals surface area (Å²) in [6.07, 6.45) is 9.21. The first-order valence-corrected chi connectivity index (χ1v) is 21.9. The Bertz CT molecular complexity index is 2030. The number of alkyl carbamates (subject to hydrolysis) is 1. The fourth-order valence-electron chi connectivity index (χ4n) is 8.14. The molecule has 1 unspecified atom stereocenters. The molecular formula is C41H54N6O10S. The summed E-state index contributed by atoms with van der Waals surface area (Å²) in [6, 6.07) is 5.39. The highest BCUT2D eigenvalue weighted by atomic mass is 32.2. The number of nitrogens with zero attached hydrogens (tertiary/aromatic N) is 4. The summed E-state index contributed by atoms with van der Waals surface area (Å²) in [5, 5.41) is 6.29. The van der Waals surface area contributed by atoms with Gasteiger partial charge in [0.25, 0.3) is 0 Å². The van der Waals surface area contributed by atoms with Gasteiger partial charge in [-0.05, 0) is 94.5 Å². The molecule has 17 heteroatoms. The lowest BCUT2D eigenvalue weighted by molar-refractivity contribution is -0.140. The molecule has 0 radical (unpaired) electrons. The minimum absolute atomic E-state index is 0.0247. The quantitative estimate of drug-likeness (QED) is 0.341. The fourth-order valence-corrected chi connectivity index (χ4v) is 9.52. The van der Waals surface area contributed by atoms with Crippen molar-refractivity contribution in [2.75, 3.05) is 13.2 Å². The Morgan fingerprint density at radius 2 is 1.83 bits per heavy atom. The van der Waals surface area contributed by atoms with E-state index in [1.165, 1.54) is 4.90 Å². The molecule has 4 heterocycles. The van der Waals surface area contributed by atoms with Crippen LogP contribution in [0.25, 0.3) is 0 Å². The van der Waals surface area contributed by atoms with E-state index in [4.69, 9.17) is 14.2 Å². The molecule has 1 aromatic heterocycles. The summed E-state index contributed by atoms with van der Waals surface area (Å²) >= 11 is 0. The Kier molecular flexibility index (Phi) is 11.9. The normalized spacial score (nSPS) is 26.9. The van der Waals surface area contributed by atoms with Gasteiger partial charge in [0, 0.05) is 38.3 Å². The number of ketones is 1. The van der Waals surface area contributed by atoms with Crippen LogP contribution in [-0.4, -0.2) is 100.0 Å². The number of nitrogens with one attached hydrogen (secondary N) is 2. The molecule has 16 nitrogen and oxygen atoms in total. The summed E-state index contributed by atoms with van der Waals surface area (Å²) in [7, 11) is -3.88. The van der Waals surface area contributed by atoms with Gasteiger partial charge in [0.15, 0.2) is 5.78 Å². The zero-order valence-corrected chi connectivity index (χ0v) is 34.2. The number of carbonyl (C=O) groups is 5. The van der Waals surface area contributed by atoms with Crippen LogP contribution in [0.3, 0.4) is 0 Å². The van der Waals surface area contributed by atoms with Gasteiger partial charge >= 0.3 is 12.2 Å². The highest BCUT2D eigenvalue weighted by Crippen LogP contribution is 2.57. The molecule has 2 aromatic rings. The number of fused-ring (bicyclic) bond motifs is 3. The standard InChI is InChI=1S/C41H54N6O10S/c1-40(2,3)57-38(51)43-33-11-8-6-4-5-7-10-29-22-41(29,37(50)44-58(53,54)32-14-15-32)23-35(48)34-21-31(26-47(34)36(33)49)56-39(52)45-24-27-12-13-30(20-28(27)25-45)55-19-18-46-17-9-16-42-46/h7,9-10,12-13,16-17,20,29,31-34H,4-6,8,11,14-15,18-19,21-26H2,1-3H3,(H,43,51)(H,44,50)/b10-7-/t29-,31-,33+,34?,41-/m1/s1. The second-order valence-electron chi connectivity index (χ2n) is 17.2. The molecule has 1 saturated heterocycles. The van der Waals surface area contributed by atoms with Crippen molar-refractivity contribution < 1.29 is 46.6 Å². The molecular weight excluding hydrogens is 769 g/mol. The van der Waals surface area contributed by atoms with Crippen molar-refractivity contribution in [3.63, 3.8) is 0 Å². The Hall–Kier alpha value is -4.93. The molecule has 3 fully saturated rings. The van der Waals surface area contributed by atoms with Crippen molar-refractivity contribution >= 4 is 39.8 Å². The van der Waals surface area contributed by atoms with Crippen LogP contribution in [0.2, 0.25) is 0 Å². The Labute approximate surface area is 339 Å². The minimum atomic E-state index is -3.88. The van der Waals surface area contributed by atoms with E-state index in [-0.39, 0.29) is 38.3 Å². The SMILES string of the molecule is CC(C)(C)OC(=O)N[C@H]1CCCCC/C=C\[C@@H]2C[C@@]2(C(=O)NS(=O)(=O)C2CC2)CC(=O)C2C[C@@H](OC(=O)N3Cc4ccc(OCCn5cccn5)cc4C3)CN2C1=O. The maximum absolute atomic E-state index is 14.5. The predicted molar refractivity (Wildman–Crippen MR) is 209 cm³/mol. The number of hydrogen-bond acceptors (Lipinski definition) is 11. The molecule has 5 atom stereocenters. The Morgan fingerprint density at radius 1 is 1.03 bits per heavy atom. The van der Waals surface area contributed by atoms with E-state index in [1.807, 2.05) is 42.6 Å². The summed E-state index contributed by atoms with van der Waals surface area (Å²) in [4.78, 5) is 72.2. The summed E-state index contributed by atoms with van der Waals surface area (Å²) < 4.78 is 47.2. The van der Waals surface area contributed by atoms with E-state index in [0.29, 0.717) is 57.6 Å². The van der Waals surface area contributed by atoms with Gasteiger partial charge in [-0.1, -0.05) is 31.1 Å². The van der Waals surface area contributed by atoms with Gasteiger partial charge < -0.3 is 24.4 Å².